The zero-order chi connectivity index (χ0) is 9.68. The topological polar surface area (TPSA) is 17.1 Å². The third kappa shape index (κ3) is 3.68. The van der Waals surface area contributed by atoms with Crippen LogP contribution in [-0.4, -0.2) is 5.24 Å². The molecule has 0 aromatic rings. The van der Waals surface area contributed by atoms with Gasteiger partial charge in [0.25, 0.3) is 0 Å². The Morgan fingerprint density at radius 3 is 2.46 bits per heavy atom. The van der Waals surface area contributed by atoms with Gasteiger partial charge in [0.15, 0.2) is 0 Å². The number of carbonyl (C=O) groups is 1. The normalized spacial score (nSPS) is 21.4. The van der Waals surface area contributed by atoms with Crippen molar-refractivity contribution in [3.8, 4) is 0 Å². The molecule has 0 N–H and O–H groups in total. The first-order valence-electron chi connectivity index (χ1n) is 5.42. The fourth-order valence-corrected chi connectivity index (χ4v) is 2.65. The summed E-state index contributed by atoms with van der Waals surface area (Å²) in [6, 6.07) is 0. The van der Waals surface area contributed by atoms with Crippen LogP contribution in [0.1, 0.15) is 51.9 Å². The van der Waals surface area contributed by atoms with E-state index in [0.717, 1.165) is 12.3 Å². The minimum atomic E-state index is -0.155. The maximum atomic E-state index is 10.8. The van der Waals surface area contributed by atoms with Crippen LogP contribution in [0.4, 0.5) is 0 Å². The van der Waals surface area contributed by atoms with Crippen molar-refractivity contribution < 1.29 is 4.79 Å². The van der Waals surface area contributed by atoms with Crippen LogP contribution >= 0.6 is 11.6 Å². The maximum absolute atomic E-state index is 10.8. The van der Waals surface area contributed by atoms with E-state index < -0.39 is 0 Å². The Hall–Kier alpha value is -0.0400. The van der Waals surface area contributed by atoms with Crippen molar-refractivity contribution in [1.29, 1.82) is 0 Å². The highest BCUT2D eigenvalue weighted by atomic mass is 35.5. The predicted octanol–water partition coefficient (Wildman–Crippen LogP) is 3.75. The summed E-state index contributed by atoms with van der Waals surface area (Å²) < 4.78 is 0. The lowest BCUT2D eigenvalue weighted by Crippen LogP contribution is -2.19. The third-order valence-corrected chi connectivity index (χ3v) is 3.42. The molecule has 1 aliphatic carbocycles. The number of rotatable bonds is 4. The van der Waals surface area contributed by atoms with E-state index in [4.69, 9.17) is 11.6 Å². The van der Waals surface area contributed by atoms with Gasteiger partial charge in [0.2, 0.25) is 5.24 Å². The Bertz CT molecular complexity index is 161. The molecule has 0 aromatic heterocycles. The minimum absolute atomic E-state index is 0.155. The zero-order valence-corrected chi connectivity index (χ0v) is 9.15. The molecule has 0 saturated heterocycles. The van der Waals surface area contributed by atoms with Gasteiger partial charge in [-0.2, -0.15) is 0 Å². The lowest BCUT2D eigenvalue weighted by molar-refractivity contribution is -0.113. The summed E-state index contributed by atoms with van der Waals surface area (Å²) in [6.45, 7) is 2.17. The van der Waals surface area contributed by atoms with Gasteiger partial charge in [0, 0.05) is 6.42 Å². The fourth-order valence-electron chi connectivity index (χ4n) is 2.46. The number of hydrogen-bond acceptors (Lipinski definition) is 1. The van der Waals surface area contributed by atoms with Crippen molar-refractivity contribution >= 4 is 16.8 Å². The first-order chi connectivity index (χ1) is 6.24. The Morgan fingerprint density at radius 2 is 2.00 bits per heavy atom. The molecule has 0 radical (unpaired) electrons. The molecule has 76 valence electrons. The standard InChI is InChI=1S/C11H19ClO/c1-2-9(8-11(12)13)10-6-4-3-5-7-10/h9-10H,2-8H2,1H3. The van der Waals surface area contributed by atoms with Gasteiger partial charge in [-0.15, -0.1) is 0 Å². The van der Waals surface area contributed by atoms with E-state index in [1.54, 1.807) is 0 Å². The second kappa shape index (κ2) is 5.64. The Morgan fingerprint density at radius 1 is 1.38 bits per heavy atom. The van der Waals surface area contributed by atoms with Gasteiger partial charge in [-0.3, -0.25) is 4.79 Å². The number of halogens is 1. The van der Waals surface area contributed by atoms with Gasteiger partial charge < -0.3 is 0 Å². The van der Waals surface area contributed by atoms with Crippen LogP contribution in [0.25, 0.3) is 0 Å². The van der Waals surface area contributed by atoms with E-state index in [-0.39, 0.29) is 5.24 Å². The molecule has 1 aliphatic rings. The first kappa shape index (κ1) is 11.0. The molecule has 0 aromatic carbocycles. The second-order valence-corrected chi connectivity index (χ2v) is 4.55. The molecule has 2 heteroatoms. The molecule has 0 aliphatic heterocycles. The smallest absolute Gasteiger partial charge is 0.221 e. The first-order valence-corrected chi connectivity index (χ1v) is 5.80. The van der Waals surface area contributed by atoms with Crippen LogP contribution in [0.3, 0.4) is 0 Å². The largest absolute Gasteiger partial charge is 0.281 e. The van der Waals surface area contributed by atoms with Gasteiger partial charge in [-0.05, 0) is 23.4 Å². The molecule has 0 amide bonds. The van der Waals surface area contributed by atoms with Gasteiger partial charge in [0.05, 0.1) is 0 Å². The number of carbonyl (C=O) groups excluding carboxylic acids is 1. The van der Waals surface area contributed by atoms with Crippen LogP contribution in [0.2, 0.25) is 0 Å². The van der Waals surface area contributed by atoms with Crippen molar-refractivity contribution in [3.63, 3.8) is 0 Å². The molecule has 13 heavy (non-hydrogen) atoms. The van der Waals surface area contributed by atoms with E-state index in [9.17, 15) is 4.79 Å². The van der Waals surface area contributed by atoms with Gasteiger partial charge in [-0.25, -0.2) is 0 Å². The summed E-state index contributed by atoms with van der Waals surface area (Å²) in [5, 5.41) is -0.155. The highest BCUT2D eigenvalue weighted by Crippen LogP contribution is 2.33. The van der Waals surface area contributed by atoms with Crippen LogP contribution in [-0.2, 0) is 4.79 Å². The Balaban J connectivity index is 2.39. The molecule has 1 atom stereocenters. The van der Waals surface area contributed by atoms with E-state index in [2.05, 4.69) is 6.92 Å². The monoisotopic (exact) mass is 202 g/mol. The average Bonchev–Trinajstić information content (AvgIpc) is 2.15. The van der Waals surface area contributed by atoms with Gasteiger partial charge >= 0.3 is 0 Å². The van der Waals surface area contributed by atoms with Crippen molar-refractivity contribution in [1.82, 2.24) is 0 Å². The summed E-state index contributed by atoms with van der Waals surface area (Å²) >= 11 is 5.43. The summed E-state index contributed by atoms with van der Waals surface area (Å²) in [4.78, 5) is 10.8. The third-order valence-electron chi connectivity index (χ3n) is 3.26. The molecule has 1 saturated carbocycles. The lowest BCUT2D eigenvalue weighted by Gasteiger charge is -2.28. The average molecular weight is 203 g/mol. The minimum Gasteiger partial charge on any atom is -0.281 e. The Kier molecular flexibility index (Phi) is 4.79. The van der Waals surface area contributed by atoms with E-state index in [1.165, 1.54) is 32.1 Å². The zero-order valence-electron chi connectivity index (χ0n) is 8.39. The fraction of sp³-hybridized carbons (Fsp3) is 0.909. The van der Waals surface area contributed by atoms with Crippen LogP contribution in [0, 0.1) is 11.8 Å². The molecule has 1 nitrogen and oxygen atoms in total. The highest BCUT2D eigenvalue weighted by Gasteiger charge is 2.23. The second-order valence-electron chi connectivity index (χ2n) is 4.13. The van der Waals surface area contributed by atoms with Crippen molar-refractivity contribution in [3.05, 3.63) is 0 Å². The molecule has 1 fully saturated rings. The van der Waals surface area contributed by atoms with Crippen LogP contribution in [0.15, 0.2) is 0 Å². The lowest BCUT2D eigenvalue weighted by atomic mass is 9.77. The van der Waals surface area contributed by atoms with Crippen LogP contribution < -0.4 is 0 Å². The summed E-state index contributed by atoms with van der Waals surface area (Å²) in [7, 11) is 0. The highest BCUT2D eigenvalue weighted by molar-refractivity contribution is 6.63. The maximum Gasteiger partial charge on any atom is 0.221 e. The van der Waals surface area contributed by atoms with Crippen molar-refractivity contribution in [2.75, 3.05) is 0 Å². The Labute approximate surface area is 85.8 Å². The molecule has 0 heterocycles. The van der Waals surface area contributed by atoms with Gasteiger partial charge in [0.1, 0.15) is 0 Å². The molecular formula is C11H19ClO. The van der Waals surface area contributed by atoms with E-state index in [1.807, 2.05) is 0 Å². The quantitative estimate of drug-likeness (QED) is 0.635. The van der Waals surface area contributed by atoms with Crippen molar-refractivity contribution in [2.24, 2.45) is 11.8 Å². The molecule has 1 unspecified atom stereocenters. The van der Waals surface area contributed by atoms with E-state index in [0.29, 0.717) is 12.3 Å². The SMILES string of the molecule is CCC(CC(=O)Cl)C1CCCCC1. The summed E-state index contributed by atoms with van der Waals surface area (Å²) in [6.07, 6.45) is 8.37. The summed E-state index contributed by atoms with van der Waals surface area (Å²) in [5.74, 6) is 1.31. The predicted molar refractivity (Wildman–Crippen MR) is 55.8 cm³/mol. The number of hydrogen-bond donors (Lipinski definition) is 0. The molecule has 0 bridgehead atoms. The van der Waals surface area contributed by atoms with E-state index >= 15 is 0 Å². The van der Waals surface area contributed by atoms with Crippen molar-refractivity contribution in [2.45, 2.75) is 51.9 Å². The van der Waals surface area contributed by atoms with Gasteiger partial charge in [-0.1, -0.05) is 45.4 Å². The molecule has 0 spiro atoms. The summed E-state index contributed by atoms with van der Waals surface area (Å²) in [5.41, 5.74) is 0. The molecular weight excluding hydrogens is 184 g/mol. The molecule has 1 rings (SSSR count). The van der Waals surface area contributed by atoms with Crippen LogP contribution in [0.5, 0.6) is 0 Å².